The van der Waals surface area contributed by atoms with E-state index in [0.29, 0.717) is 0 Å². The molecule has 0 aliphatic heterocycles. The number of rotatable bonds is 15. The van der Waals surface area contributed by atoms with Crippen LogP contribution in [0.25, 0.3) is 11.1 Å². The van der Waals surface area contributed by atoms with Crippen LogP contribution in [-0.4, -0.2) is 0 Å². The molecule has 4 rings (SSSR count). The van der Waals surface area contributed by atoms with Crippen molar-refractivity contribution in [2.75, 3.05) is 0 Å². The molecule has 0 spiro atoms. The van der Waals surface area contributed by atoms with Crippen molar-refractivity contribution in [2.45, 2.75) is 128 Å². The Balaban J connectivity index is 1.13. The van der Waals surface area contributed by atoms with Crippen LogP contribution < -0.4 is 0 Å². The molecule has 0 nitrogen and oxygen atoms in total. The van der Waals surface area contributed by atoms with Gasteiger partial charge in [0.25, 0.3) is 0 Å². The summed E-state index contributed by atoms with van der Waals surface area (Å²) in [5.74, 6) is 3.29. The summed E-state index contributed by atoms with van der Waals surface area (Å²) in [6.45, 7) is 6.28. The third-order valence-electron chi connectivity index (χ3n) is 9.88. The molecule has 39 heavy (non-hydrogen) atoms. The zero-order chi connectivity index (χ0) is 27.1. The Morgan fingerprint density at radius 1 is 0.667 bits per heavy atom. The summed E-state index contributed by atoms with van der Waals surface area (Å²) >= 11 is 0. The quantitative estimate of drug-likeness (QED) is 0.160. The van der Waals surface area contributed by atoms with Crippen LogP contribution in [0, 0.1) is 17.8 Å². The fourth-order valence-corrected chi connectivity index (χ4v) is 7.08. The van der Waals surface area contributed by atoms with E-state index in [4.69, 9.17) is 0 Å². The number of aryl methyl sites for hydroxylation is 1. The van der Waals surface area contributed by atoms with Crippen molar-refractivity contribution in [2.24, 2.45) is 17.8 Å². The molecule has 0 heterocycles. The van der Waals surface area contributed by atoms with Gasteiger partial charge in [-0.1, -0.05) is 112 Å². The summed E-state index contributed by atoms with van der Waals surface area (Å²) in [6, 6.07) is 18.9. The molecule has 0 unspecified atom stereocenters. The van der Waals surface area contributed by atoms with Crippen molar-refractivity contribution in [3.05, 3.63) is 84.5 Å². The Bertz CT molecular complexity index is 946. The molecule has 0 radical (unpaired) electrons. The Labute approximate surface area is 241 Å². The number of unbranched alkanes of at least 4 members (excludes halogenated alkanes) is 6. The Morgan fingerprint density at radius 3 is 1.90 bits per heavy atom. The van der Waals surface area contributed by atoms with E-state index in [1.165, 1.54) is 132 Å². The summed E-state index contributed by atoms with van der Waals surface area (Å²) in [6.07, 6.45) is 31.8. The molecular formula is C39H56. The fraction of sp³-hybridized carbons (Fsp3) is 0.590. The van der Waals surface area contributed by atoms with Gasteiger partial charge in [-0.25, -0.2) is 0 Å². The van der Waals surface area contributed by atoms with Crippen molar-refractivity contribution >= 4 is 0 Å². The lowest BCUT2D eigenvalue weighted by Crippen LogP contribution is -2.13. The second kappa shape index (κ2) is 16.9. The van der Waals surface area contributed by atoms with Crippen molar-refractivity contribution in [1.82, 2.24) is 0 Å². The van der Waals surface area contributed by atoms with E-state index in [9.17, 15) is 0 Å². The molecule has 0 amide bonds. The van der Waals surface area contributed by atoms with Crippen molar-refractivity contribution in [1.29, 1.82) is 0 Å². The lowest BCUT2D eigenvalue weighted by molar-refractivity contribution is 0.297. The molecule has 0 atom stereocenters. The van der Waals surface area contributed by atoms with Crippen LogP contribution in [0.15, 0.2) is 73.3 Å². The molecule has 2 aliphatic rings. The van der Waals surface area contributed by atoms with Crippen LogP contribution in [0.3, 0.4) is 0 Å². The van der Waals surface area contributed by atoms with Crippen molar-refractivity contribution in [3.8, 4) is 11.1 Å². The maximum Gasteiger partial charge on any atom is -0.0162 e. The predicted octanol–water partition coefficient (Wildman–Crippen LogP) is 12.2. The number of allylic oxidation sites excluding steroid dienone is 3. The van der Waals surface area contributed by atoms with E-state index >= 15 is 0 Å². The summed E-state index contributed by atoms with van der Waals surface area (Å²) in [4.78, 5) is 0. The minimum atomic E-state index is 0.744. The lowest BCUT2D eigenvalue weighted by atomic mass is 9.78. The number of hydrogen-bond acceptors (Lipinski definition) is 0. The number of benzene rings is 2. The van der Waals surface area contributed by atoms with Gasteiger partial charge in [-0.3, -0.25) is 0 Å². The van der Waals surface area contributed by atoms with Gasteiger partial charge in [0.2, 0.25) is 0 Å². The fourth-order valence-electron chi connectivity index (χ4n) is 7.08. The standard InChI is InChI=1S/C39H56/c1-3-5-6-7-8-9-10-13-34-20-24-36(25-21-34)38-28-30-39(31-29-38)37-26-22-35(23-27-37)15-12-11-14-33-18-16-32(4-2)17-19-33/h4,12,15,20-21,24-25,28-33,35,37H,2-3,5-11,13-14,16-19,22-23,26-27H2,1H3/b15-12+. The van der Waals surface area contributed by atoms with E-state index in [-0.39, 0.29) is 0 Å². The molecule has 212 valence electrons. The highest BCUT2D eigenvalue weighted by atomic mass is 14.3. The normalized spacial score (nSPS) is 23.7. The maximum absolute atomic E-state index is 3.99. The Morgan fingerprint density at radius 2 is 1.26 bits per heavy atom. The minimum Gasteiger partial charge on any atom is -0.103 e. The van der Waals surface area contributed by atoms with Gasteiger partial charge < -0.3 is 0 Å². The number of hydrogen-bond donors (Lipinski definition) is 0. The summed E-state index contributed by atoms with van der Waals surface area (Å²) in [5.41, 5.74) is 5.75. The third-order valence-corrected chi connectivity index (χ3v) is 9.88. The molecule has 0 aromatic heterocycles. The van der Waals surface area contributed by atoms with Crippen LogP contribution in [0.5, 0.6) is 0 Å². The Hall–Kier alpha value is -2.08. The highest BCUT2D eigenvalue weighted by Gasteiger charge is 2.21. The van der Waals surface area contributed by atoms with Crippen LogP contribution in [-0.2, 0) is 6.42 Å². The van der Waals surface area contributed by atoms with Gasteiger partial charge in [-0.15, -0.1) is 6.58 Å². The van der Waals surface area contributed by atoms with Crippen molar-refractivity contribution < 1.29 is 0 Å². The van der Waals surface area contributed by atoms with Crippen LogP contribution in [0.1, 0.15) is 133 Å². The Kier molecular flexibility index (Phi) is 12.9. The van der Waals surface area contributed by atoms with Crippen molar-refractivity contribution in [3.63, 3.8) is 0 Å². The molecule has 0 bridgehead atoms. The van der Waals surface area contributed by atoms with Gasteiger partial charge in [-0.2, -0.15) is 0 Å². The first kappa shape index (κ1) is 29.9. The second-order valence-corrected chi connectivity index (χ2v) is 12.8. The molecule has 0 heteroatoms. The molecular weight excluding hydrogens is 468 g/mol. The topological polar surface area (TPSA) is 0 Å². The highest BCUT2D eigenvalue weighted by Crippen LogP contribution is 2.37. The SMILES string of the molecule is C=CC1CCC(CC/C=C/C2CCC(c3ccc(-c4ccc(CCCCCCCCC)cc4)cc3)CC2)CC1. The van der Waals surface area contributed by atoms with Gasteiger partial charge in [-0.05, 0) is 123 Å². The first-order valence-corrected chi connectivity index (χ1v) is 16.7. The summed E-state index contributed by atoms with van der Waals surface area (Å²) < 4.78 is 0. The van der Waals surface area contributed by atoms with Crippen LogP contribution in [0.4, 0.5) is 0 Å². The molecule has 2 aliphatic carbocycles. The van der Waals surface area contributed by atoms with Gasteiger partial charge in [0, 0.05) is 0 Å². The van der Waals surface area contributed by atoms with Gasteiger partial charge in [0.1, 0.15) is 0 Å². The predicted molar refractivity (Wildman–Crippen MR) is 172 cm³/mol. The zero-order valence-electron chi connectivity index (χ0n) is 25.1. The van der Waals surface area contributed by atoms with Crippen LogP contribution in [0.2, 0.25) is 0 Å². The van der Waals surface area contributed by atoms with E-state index in [0.717, 1.165) is 23.7 Å². The smallest absolute Gasteiger partial charge is 0.0162 e. The molecule has 0 N–H and O–H groups in total. The van der Waals surface area contributed by atoms with E-state index in [1.54, 1.807) is 5.56 Å². The molecule has 2 aromatic rings. The summed E-state index contributed by atoms with van der Waals surface area (Å²) in [7, 11) is 0. The van der Waals surface area contributed by atoms with Crippen LogP contribution >= 0.6 is 0 Å². The van der Waals surface area contributed by atoms with E-state index in [1.807, 2.05) is 0 Å². The van der Waals surface area contributed by atoms with Gasteiger partial charge in [0.05, 0.1) is 0 Å². The average molecular weight is 525 g/mol. The van der Waals surface area contributed by atoms with E-state index in [2.05, 4.69) is 80.3 Å². The second-order valence-electron chi connectivity index (χ2n) is 12.8. The van der Waals surface area contributed by atoms with Gasteiger partial charge >= 0.3 is 0 Å². The first-order valence-electron chi connectivity index (χ1n) is 16.7. The molecule has 2 fully saturated rings. The third kappa shape index (κ3) is 10.1. The maximum atomic E-state index is 3.99. The first-order chi connectivity index (χ1) is 19.2. The highest BCUT2D eigenvalue weighted by molar-refractivity contribution is 5.64. The largest absolute Gasteiger partial charge is 0.103 e. The molecule has 2 saturated carbocycles. The summed E-state index contributed by atoms with van der Waals surface area (Å²) in [5, 5.41) is 0. The van der Waals surface area contributed by atoms with Gasteiger partial charge in [0.15, 0.2) is 0 Å². The average Bonchev–Trinajstić information content (AvgIpc) is 3.00. The lowest BCUT2D eigenvalue weighted by Gasteiger charge is -2.27. The molecule has 2 aromatic carbocycles. The monoisotopic (exact) mass is 524 g/mol. The zero-order valence-corrected chi connectivity index (χ0v) is 25.1. The van der Waals surface area contributed by atoms with E-state index < -0.39 is 0 Å². The minimum absolute atomic E-state index is 0.744. The molecule has 0 saturated heterocycles.